The minimum Gasteiger partial charge on any atom is -0.319 e. The molecule has 0 saturated heterocycles. The van der Waals surface area contributed by atoms with E-state index in [0.29, 0.717) is 16.9 Å². The van der Waals surface area contributed by atoms with Gasteiger partial charge in [0, 0.05) is 11.4 Å². The number of alkyl halides is 2. The van der Waals surface area contributed by atoms with Crippen molar-refractivity contribution in [2.75, 3.05) is 5.32 Å². The summed E-state index contributed by atoms with van der Waals surface area (Å²) in [5, 5.41) is 6.31. The van der Waals surface area contributed by atoms with Crippen molar-refractivity contribution in [3.05, 3.63) is 52.9 Å². The molecule has 0 saturated carbocycles. The van der Waals surface area contributed by atoms with Crippen molar-refractivity contribution < 1.29 is 18.0 Å². The van der Waals surface area contributed by atoms with Gasteiger partial charge in [-0.25, -0.2) is 18.2 Å². The van der Waals surface area contributed by atoms with Gasteiger partial charge in [-0.1, -0.05) is 0 Å². The summed E-state index contributed by atoms with van der Waals surface area (Å²) >= 11 is 0. The second kappa shape index (κ2) is 5.91. The van der Waals surface area contributed by atoms with Crippen molar-refractivity contribution in [2.45, 2.75) is 20.3 Å². The van der Waals surface area contributed by atoms with Gasteiger partial charge < -0.3 is 5.32 Å². The molecular formula is C15H12F3N5O. The summed E-state index contributed by atoms with van der Waals surface area (Å²) in [5.74, 6) is -1.53. The van der Waals surface area contributed by atoms with E-state index >= 15 is 0 Å². The third kappa shape index (κ3) is 2.92. The van der Waals surface area contributed by atoms with Gasteiger partial charge in [-0.2, -0.15) is 9.50 Å². The number of nitrogens with one attached hydrogen (secondary N) is 1. The van der Waals surface area contributed by atoms with Gasteiger partial charge >= 0.3 is 0 Å². The number of anilines is 1. The SMILES string of the molecule is Cc1cc(C(F)F)n2nc(C(=O)Nc3ccc(F)cc3C)nc2n1. The lowest BCUT2D eigenvalue weighted by Crippen LogP contribution is -2.15. The predicted octanol–water partition coefficient (Wildman–Crippen LogP) is 3.07. The van der Waals surface area contributed by atoms with Gasteiger partial charge in [0.2, 0.25) is 5.82 Å². The Morgan fingerprint density at radius 3 is 2.62 bits per heavy atom. The van der Waals surface area contributed by atoms with Crippen LogP contribution in [0.4, 0.5) is 18.9 Å². The molecule has 2 aromatic heterocycles. The van der Waals surface area contributed by atoms with Crippen LogP contribution in [0.15, 0.2) is 24.3 Å². The van der Waals surface area contributed by atoms with Crippen LogP contribution in [0.25, 0.3) is 5.78 Å². The molecule has 0 unspecified atom stereocenters. The summed E-state index contributed by atoms with van der Waals surface area (Å²) in [5.41, 5.74) is 0.821. The number of aryl methyl sites for hydroxylation is 2. The molecule has 0 bridgehead atoms. The molecule has 1 aromatic carbocycles. The van der Waals surface area contributed by atoms with Crippen LogP contribution in [0.2, 0.25) is 0 Å². The van der Waals surface area contributed by atoms with Crippen molar-refractivity contribution in [3.63, 3.8) is 0 Å². The molecule has 0 atom stereocenters. The Labute approximate surface area is 134 Å². The van der Waals surface area contributed by atoms with Crippen molar-refractivity contribution in [1.29, 1.82) is 0 Å². The van der Waals surface area contributed by atoms with E-state index in [2.05, 4.69) is 20.4 Å². The monoisotopic (exact) mass is 335 g/mol. The second-order valence-electron chi connectivity index (χ2n) is 5.18. The number of halogens is 3. The molecular weight excluding hydrogens is 323 g/mol. The Bertz CT molecular complexity index is 938. The number of nitrogens with zero attached hydrogens (tertiary/aromatic N) is 4. The van der Waals surface area contributed by atoms with Crippen LogP contribution in [0.5, 0.6) is 0 Å². The lowest BCUT2D eigenvalue weighted by molar-refractivity contribution is 0.101. The Balaban J connectivity index is 1.97. The molecule has 124 valence electrons. The normalized spacial score (nSPS) is 11.2. The predicted molar refractivity (Wildman–Crippen MR) is 79.6 cm³/mol. The maximum absolute atomic E-state index is 13.1. The van der Waals surface area contributed by atoms with Crippen molar-refractivity contribution in [3.8, 4) is 0 Å². The van der Waals surface area contributed by atoms with E-state index in [1.807, 2.05) is 0 Å². The first kappa shape index (κ1) is 15.9. The summed E-state index contributed by atoms with van der Waals surface area (Å²) < 4.78 is 40.1. The van der Waals surface area contributed by atoms with Crippen LogP contribution >= 0.6 is 0 Å². The molecule has 0 spiro atoms. The topological polar surface area (TPSA) is 72.2 Å². The number of fused-ring (bicyclic) bond motifs is 1. The highest BCUT2D eigenvalue weighted by atomic mass is 19.3. The average molecular weight is 335 g/mol. The first-order valence-corrected chi connectivity index (χ1v) is 6.95. The number of aromatic nitrogens is 4. The molecule has 0 aliphatic heterocycles. The molecule has 1 N–H and O–H groups in total. The van der Waals surface area contributed by atoms with Crippen LogP contribution in [0, 0.1) is 19.7 Å². The summed E-state index contributed by atoms with van der Waals surface area (Å²) in [6.45, 7) is 3.16. The molecule has 0 fully saturated rings. The van der Waals surface area contributed by atoms with Gasteiger partial charge in [0.25, 0.3) is 18.1 Å². The average Bonchev–Trinajstić information content (AvgIpc) is 2.92. The highest BCUT2D eigenvalue weighted by Gasteiger charge is 2.20. The number of amides is 1. The fourth-order valence-electron chi connectivity index (χ4n) is 2.21. The fourth-order valence-corrected chi connectivity index (χ4v) is 2.21. The zero-order chi connectivity index (χ0) is 17.4. The van der Waals surface area contributed by atoms with Gasteiger partial charge in [-0.3, -0.25) is 4.79 Å². The minimum atomic E-state index is -2.79. The van der Waals surface area contributed by atoms with E-state index in [1.165, 1.54) is 24.3 Å². The van der Waals surface area contributed by atoms with Gasteiger partial charge in [-0.15, -0.1) is 5.10 Å². The molecule has 1 amide bonds. The van der Waals surface area contributed by atoms with Crippen molar-refractivity contribution in [1.82, 2.24) is 19.6 Å². The van der Waals surface area contributed by atoms with E-state index in [0.717, 1.165) is 4.52 Å². The number of carbonyl (C=O) groups is 1. The molecule has 0 radical (unpaired) electrons. The largest absolute Gasteiger partial charge is 0.319 e. The minimum absolute atomic E-state index is 0.0914. The molecule has 3 aromatic rings. The first-order chi connectivity index (χ1) is 11.3. The molecule has 6 nitrogen and oxygen atoms in total. The number of hydrogen-bond acceptors (Lipinski definition) is 4. The Morgan fingerprint density at radius 2 is 1.96 bits per heavy atom. The summed E-state index contributed by atoms with van der Waals surface area (Å²) in [6.07, 6.45) is -2.79. The Hall–Kier alpha value is -2.97. The van der Waals surface area contributed by atoms with Gasteiger partial charge in [0.1, 0.15) is 11.5 Å². The molecule has 2 heterocycles. The second-order valence-corrected chi connectivity index (χ2v) is 5.18. The van der Waals surface area contributed by atoms with E-state index in [1.54, 1.807) is 13.8 Å². The maximum Gasteiger partial charge on any atom is 0.295 e. The zero-order valence-electron chi connectivity index (χ0n) is 12.7. The fraction of sp³-hybridized carbons (Fsp3) is 0.200. The smallest absolute Gasteiger partial charge is 0.295 e. The van der Waals surface area contributed by atoms with Crippen molar-refractivity contribution >= 4 is 17.4 Å². The highest BCUT2D eigenvalue weighted by Crippen LogP contribution is 2.20. The van der Waals surface area contributed by atoms with E-state index in [-0.39, 0.29) is 11.6 Å². The molecule has 0 aliphatic carbocycles. The molecule has 9 heteroatoms. The van der Waals surface area contributed by atoms with Gasteiger partial charge in [0.05, 0.1) is 0 Å². The van der Waals surface area contributed by atoms with E-state index in [9.17, 15) is 18.0 Å². The number of rotatable bonds is 3. The third-order valence-electron chi connectivity index (χ3n) is 3.33. The maximum atomic E-state index is 13.1. The zero-order valence-corrected chi connectivity index (χ0v) is 12.7. The van der Waals surface area contributed by atoms with Gasteiger partial charge in [0.15, 0.2) is 0 Å². The van der Waals surface area contributed by atoms with Crippen LogP contribution < -0.4 is 5.32 Å². The summed E-state index contributed by atoms with van der Waals surface area (Å²) in [7, 11) is 0. The highest BCUT2D eigenvalue weighted by molar-refractivity contribution is 6.02. The molecule has 3 rings (SSSR count). The third-order valence-corrected chi connectivity index (χ3v) is 3.33. The van der Waals surface area contributed by atoms with Crippen LogP contribution in [-0.2, 0) is 0 Å². The summed E-state index contributed by atoms with van der Waals surface area (Å²) in [4.78, 5) is 20.1. The Kier molecular flexibility index (Phi) is 3.92. The molecule has 0 aliphatic rings. The van der Waals surface area contributed by atoms with Crippen molar-refractivity contribution in [2.24, 2.45) is 0 Å². The number of benzene rings is 1. The molecule has 24 heavy (non-hydrogen) atoms. The number of hydrogen-bond donors (Lipinski definition) is 1. The number of carbonyl (C=O) groups excluding carboxylic acids is 1. The Morgan fingerprint density at radius 1 is 1.21 bits per heavy atom. The summed E-state index contributed by atoms with van der Waals surface area (Å²) in [6, 6.07) is 5.02. The van der Waals surface area contributed by atoms with E-state index in [4.69, 9.17) is 0 Å². The van der Waals surface area contributed by atoms with Crippen LogP contribution in [-0.4, -0.2) is 25.5 Å². The van der Waals surface area contributed by atoms with Gasteiger partial charge in [-0.05, 0) is 43.7 Å². The van der Waals surface area contributed by atoms with Crippen LogP contribution in [0.3, 0.4) is 0 Å². The standard InChI is InChI=1S/C15H12F3N5O/c1-7-5-9(16)3-4-10(7)20-14(24)13-21-15-19-8(2)6-11(12(17)18)23(15)22-13/h3-6,12H,1-2H3,(H,20,24). The quantitative estimate of drug-likeness (QED) is 0.798. The first-order valence-electron chi connectivity index (χ1n) is 6.95. The van der Waals surface area contributed by atoms with Crippen LogP contribution in [0.1, 0.15) is 34.0 Å². The van der Waals surface area contributed by atoms with E-state index < -0.39 is 23.8 Å². The lowest BCUT2D eigenvalue weighted by atomic mass is 10.2. The lowest BCUT2D eigenvalue weighted by Gasteiger charge is -2.06.